The Morgan fingerprint density at radius 3 is 2.77 bits per heavy atom. The van der Waals surface area contributed by atoms with Crippen LogP contribution in [0.4, 0.5) is 16.2 Å². The monoisotopic (exact) mass is 365 g/mol. The molecule has 4 aromatic rings. The summed E-state index contributed by atoms with van der Waals surface area (Å²) in [6.45, 7) is 0. The predicted octanol–water partition coefficient (Wildman–Crippen LogP) is 4.06. The summed E-state index contributed by atoms with van der Waals surface area (Å²) in [4.78, 5) is 25.9. The van der Waals surface area contributed by atoms with E-state index in [1.54, 1.807) is 30.8 Å². The molecule has 2 aromatic carbocycles. The summed E-state index contributed by atoms with van der Waals surface area (Å²) in [7, 11) is 1.66. The molecular weight excluding hydrogens is 350 g/mol. The number of phenols is 1. The highest BCUT2D eigenvalue weighted by Crippen LogP contribution is 2.23. The van der Waals surface area contributed by atoms with Crippen molar-refractivity contribution < 1.29 is 9.90 Å². The minimum Gasteiger partial charge on any atom is -0.508 e. The fourth-order valence-electron chi connectivity index (χ4n) is 2.54. The zero-order chi connectivity index (χ0) is 18.1. The van der Waals surface area contributed by atoms with Gasteiger partial charge in [-0.1, -0.05) is 0 Å². The van der Waals surface area contributed by atoms with Crippen LogP contribution in [0, 0.1) is 0 Å². The van der Waals surface area contributed by atoms with E-state index >= 15 is 0 Å². The molecule has 3 N–H and O–H groups in total. The van der Waals surface area contributed by atoms with E-state index in [1.165, 1.54) is 28.4 Å². The molecule has 7 nitrogen and oxygen atoms in total. The lowest BCUT2D eigenvalue weighted by atomic mass is 10.2. The summed E-state index contributed by atoms with van der Waals surface area (Å²) in [5.41, 5.74) is 5.50. The van der Waals surface area contributed by atoms with Gasteiger partial charge in [-0.3, -0.25) is 4.90 Å². The maximum absolute atomic E-state index is 12.4. The lowest BCUT2D eigenvalue weighted by Gasteiger charge is -2.18. The fourth-order valence-corrected chi connectivity index (χ4v) is 3.08. The van der Waals surface area contributed by atoms with Crippen LogP contribution >= 0.6 is 11.3 Å². The van der Waals surface area contributed by atoms with Crippen LogP contribution in [0.1, 0.15) is 0 Å². The Morgan fingerprint density at radius 1 is 1.23 bits per heavy atom. The van der Waals surface area contributed by atoms with Crippen molar-refractivity contribution in [3.63, 3.8) is 0 Å². The first-order valence-corrected chi connectivity index (χ1v) is 8.76. The minimum absolute atomic E-state index is 0.156. The van der Waals surface area contributed by atoms with E-state index in [4.69, 9.17) is 0 Å². The number of nitrogens with zero attached hydrogens (tertiary/aromatic N) is 3. The largest absolute Gasteiger partial charge is 0.508 e. The predicted molar refractivity (Wildman–Crippen MR) is 103 cm³/mol. The van der Waals surface area contributed by atoms with E-state index in [0.717, 1.165) is 16.7 Å². The second-order valence-electron chi connectivity index (χ2n) is 5.70. The zero-order valence-corrected chi connectivity index (χ0v) is 14.6. The van der Waals surface area contributed by atoms with Crippen LogP contribution in [0.5, 0.6) is 5.75 Å². The maximum Gasteiger partial charge on any atom is 0.326 e. The molecule has 0 spiro atoms. The van der Waals surface area contributed by atoms with Crippen LogP contribution in [0.2, 0.25) is 0 Å². The van der Waals surface area contributed by atoms with Crippen LogP contribution < -0.4 is 10.2 Å². The number of thiazole rings is 1. The molecule has 2 heterocycles. The van der Waals surface area contributed by atoms with Crippen molar-refractivity contribution in [1.82, 2.24) is 15.0 Å². The number of amides is 2. The van der Waals surface area contributed by atoms with Gasteiger partial charge in [0, 0.05) is 23.8 Å². The topological polar surface area (TPSA) is 94.1 Å². The first kappa shape index (κ1) is 16.1. The van der Waals surface area contributed by atoms with Crippen molar-refractivity contribution in [2.24, 2.45) is 0 Å². The molecular formula is C18H15N5O2S. The Bertz CT molecular complexity index is 1060. The molecule has 0 aliphatic carbocycles. The Labute approximate surface area is 153 Å². The third kappa shape index (κ3) is 3.09. The number of aromatic hydroxyl groups is 1. The molecule has 2 aromatic heterocycles. The molecule has 2 amide bonds. The van der Waals surface area contributed by atoms with Crippen LogP contribution in [0.25, 0.3) is 22.6 Å². The number of phenolic OH excluding ortho intramolecular Hbond substituents is 1. The molecule has 0 atom stereocenters. The molecule has 0 radical (unpaired) electrons. The van der Waals surface area contributed by atoms with E-state index in [2.05, 4.69) is 20.3 Å². The van der Waals surface area contributed by atoms with Crippen LogP contribution in [0.15, 0.2) is 53.4 Å². The van der Waals surface area contributed by atoms with Gasteiger partial charge in [-0.25, -0.2) is 14.8 Å². The summed E-state index contributed by atoms with van der Waals surface area (Å²) in [6.07, 6.45) is 0. The average Bonchev–Trinajstić information content (AvgIpc) is 3.30. The third-order valence-electron chi connectivity index (χ3n) is 3.95. The summed E-state index contributed by atoms with van der Waals surface area (Å²) in [5.74, 6) is 0.856. The van der Waals surface area contributed by atoms with Crippen molar-refractivity contribution >= 4 is 39.8 Å². The Hall–Kier alpha value is -3.39. The van der Waals surface area contributed by atoms with Gasteiger partial charge in [0.25, 0.3) is 0 Å². The Morgan fingerprint density at radius 2 is 2.04 bits per heavy atom. The smallest absolute Gasteiger partial charge is 0.326 e. The van der Waals surface area contributed by atoms with E-state index in [0.29, 0.717) is 17.2 Å². The van der Waals surface area contributed by atoms with E-state index in [-0.39, 0.29) is 11.8 Å². The molecule has 0 bridgehead atoms. The van der Waals surface area contributed by atoms with Crippen molar-refractivity contribution in [3.8, 4) is 17.3 Å². The van der Waals surface area contributed by atoms with Crippen LogP contribution in [-0.4, -0.2) is 33.1 Å². The number of aromatic amines is 1. The lowest BCUT2D eigenvalue weighted by molar-refractivity contribution is 0.258. The first-order valence-electron chi connectivity index (χ1n) is 7.82. The number of nitrogens with one attached hydrogen (secondary N) is 2. The number of imidazole rings is 1. The lowest BCUT2D eigenvalue weighted by Crippen LogP contribution is -2.31. The van der Waals surface area contributed by atoms with Crippen LogP contribution in [-0.2, 0) is 0 Å². The number of benzene rings is 2. The number of fused-ring (bicyclic) bond motifs is 1. The molecule has 4 rings (SSSR count). The highest BCUT2D eigenvalue weighted by atomic mass is 32.1. The zero-order valence-electron chi connectivity index (χ0n) is 13.8. The van der Waals surface area contributed by atoms with E-state index in [1.807, 2.05) is 17.5 Å². The number of hydrogen-bond donors (Lipinski definition) is 3. The second-order valence-corrected chi connectivity index (χ2v) is 6.42. The normalized spacial score (nSPS) is 10.8. The van der Waals surface area contributed by atoms with Gasteiger partial charge in [-0.2, -0.15) is 0 Å². The Kier molecular flexibility index (Phi) is 4.02. The number of carbonyl (C=O) groups is 1. The van der Waals surface area contributed by atoms with Crippen molar-refractivity contribution in [2.75, 3.05) is 17.3 Å². The quantitative estimate of drug-likeness (QED) is 0.510. The number of aromatic nitrogens is 3. The summed E-state index contributed by atoms with van der Waals surface area (Å²) >= 11 is 1.51. The number of anilines is 2. The van der Waals surface area contributed by atoms with Gasteiger partial charge in [0.1, 0.15) is 11.4 Å². The van der Waals surface area contributed by atoms with Gasteiger partial charge in [0.15, 0.2) is 5.82 Å². The van der Waals surface area contributed by atoms with Gasteiger partial charge < -0.3 is 15.4 Å². The van der Waals surface area contributed by atoms with Crippen molar-refractivity contribution in [2.45, 2.75) is 0 Å². The van der Waals surface area contributed by atoms with Gasteiger partial charge in [-0.05, 0) is 42.5 Å². The molecule has 0 fully saturated rings. The number of hydrogen-bond acceptors (Lipinski definition) is 5. The first-order chi connectivity index (χ1) is 12.6. The summed E-state index contributed by atoms with van der Waals surface area (Å²) < 4.78 is 0. The second kappa shape index (κ2) is 6.49. The molecule has 8 heteroatoms. The number of H-pyrrole nitrogens is 1. The summed E-state index contributed by atoms with van der Waals surface area (Å²) in [5, 5.41) is 14.1. The van der Waals surface area contributed by atoms with Gasteiger partial charge in [0.2, 0.25) is 0 Å². The molecule has 0 saturated carbocycles. The van der Waals surface area contributed by atoms with Gasteiger partial charge in [-0.15, -0.1) is 11.3 Å². The highest BCUT2D eigenvalue weighted by molar-refractivity contribution is 7.07. The van der Waals surface area contributed by atoms with Gasteiger partial charge >= 0.3 is 6.03 Å². The summed E-state index contributed by atoms with van der Waals surface area (Å²) in [6, 6.07) is 11.6. The Balaban J connectivity index is 1.55. The van der Waals surface area contributed by atoms with Crippen molar-refractivity contribution in [1.29, 1.82) is 0 Å². The average molecular weight is 365 g/mol. The van der Waals surface area contributed by atoms with Gasteiger partial charge in [0.05, 0.1) is 16.5 Å². The van der Waals surface area contributed by atoms with E-state index in [9.17, 15) is 9.90 Å². The van der Waals surface area contributed by atoms with Crippen molar-refractivity contribution in [3.05, 3.63) is 53.4 Å². The maximum atomic E-state index is 12.4. The van der Waals surface area contributed by atoms with E-state index < -0.39 is 0 Å². The fraction of sp³-hybridized carbons (Fsp3) is 0.0556. The molecule has 0 unspecified atom stereocenters. The highest BCUT2D eigenvalue weighted by Gasteiger charge is 2.12. The number of rotatable bonds is 3. The standard InChI is InChI=1S/C18H15N5O2S/c1-23(12-3-5-13(24)6-4-12)18(25)20-11-2-7-14-15(8-11)22-17(21-14)16-9-26-10-19-16/h2-10,24H,1H3,(H,20,25)(H,21,22). The molecule has 130 valence electrons. The van der Waals surface area contributed by atoms with Crippen LogP contribution in [0.3, 0.4) is 0 Å². The SMILES string of the molecule is CN(C(=O)Nc1ccc2nc(-c3cscn3)[nH]c2c1)c1ccc(O)cc1. The number of urea groups is 1. The molecule has 0 saturated heterocycles. The molecule has 26 heavy (non-hydrogen) atoms. The molecule has 0 aliphatic heterocycles. The third-order valence-corrected chi connectivity index (χ3v) is 4.54. The minimum atomic E-state index is -0.283. The molecule has 0 aliphatic rings. The number of carbonyl (C=O) groups excluding carboxylic acids is 1.